The third-order valence-electron chi connectivity index (χ3n) is 7.05. The summed E-state index contributed by atoms with van der Waals surface area (Å²) in [6, 6.07) is 3.03. The van der Waals surface area contributed by atoms with Crippen molar-refractivity contribution < 1.29 is 26.3 Å². The van der Waals surface area contributed by atoms with E-state index < -0.39 is 35.4 Å². The van der Waals surface area contributed by atoms with Crippen LogP contribution in [0.2, 0.25) is 25.7 Å². The van der Waals surface area contributed by atoms with Crippen LogP contribution in [0.1, 0.15) is 13.3 Å². The van der Waals surface area contributed by atoms with Crippen molar-refractivity contribution in [2.45, 2.75) is 51.9 Å². The van der Waals surface area contributed by atoms with E-state index in [0.29, 0.717) is 32.8 Å². The van der Waals surface area contributed by atoms with Gasteiger partial charge in [0, 0.05) is 52.5 Å². The minimum Gasteiger partial charge on any atom is -0.361 e. The van der Waals surface area contributed by atoms with Gasteiger partial charge in [0.1, 0.15) is 24.5 Å². The maximum absolute atomic E-state index is 12.8. The van der Waals surface area contributed by atoms with Crippen LogP contribution in [-0.4, -0.2) is 80.0 Å². The molecule has 8 nitrogen and oxygen atoms in total. The number of nitrogens with zero attached hydrogens (tertiary/aromatic N) is 5. The molecule has 0 bridgehead atoms. The van der Waals surface area contributed by atoms with Crippen LogP contribution in [-0.2, 0) is 21.5 Å². The van der Waals surface area contributed by atoms with Crippen LogP contribution in [0.5, 0.6) is 0 Å². The number of fused-ring (bicyclic) bond motifs is 2. The number of ether oxygens (including phenoxy) is 1. The minimum absolute atomic E-state index is 0.00320. The Morgan fingerprint density at radius 2 is 1.97 bits per heavy atom. The molecule has 4 heterocycles. The quantitative estimate of drug-likeness (QED) is 0.380. The molecular formula is C22H34F3N5O3SSi. The van der Waals surface area contributed by atoms with Crippen LogP contribution >= 0.6 is 0 Å². The van der Waals surface area contributed by atoms with Crippen LogP contribution in [0.25, 0.3) is 11.0 Å². The summed E-state index contributed by atoms with van der Waals surface area (Å²) in [7, 11) is -5.57. The normalized spacial score (nSPS) is 24.3. The van der Waals surface area contributed by atoms with E-state index in [0.717, 1.165) is 27.2 Å². The second-order valence-electron chi connectivity index (χ2n) is 11.3. The van der Waals surface area contributed by atoms with Crippen LogP contribution in [0.4, 0.5) is 19.0 Å². The van der Waals surface area contributed by atoms with Gasteiger partial charge in [-0.25, -0.2) is 22.7 Å². The third kappa shape index (κ3) is 6.00. The van der Waals surface area contributed by atoms with Gasteiger partial charge in [-0.1, -0.05) is 26.6 Å². The first-order valence-corrected chi connectivity index (χ1v) is 17.2. The van der Waals surface area contributed by atoms with E-state index >= 15 is 0 Å². The van der Waals surface area contributed by atoms with Gasteiger partial charge >= 0.3 is 6.18 Å². The second kappa shape index (κ2) is 9.31. The zero-order valence-corrected chi connectivity index (χ0v) is 22.5. The van der Waals surface area contributed by atoms with Gasteiger partial charge in [0.25, 0.3) is 0 Å². The molecule has 2 aromatic rings. The van der Waals surface area contributed by atoms with Crippen molar-refractivity contribution in [3.05, 3.63) is 18.6 Å². The average Bonchev–Trinajstić information content (AvgIpc) is 3.29. The second-order valence-corrected chi connectivity index (χ2v) is 18.9. The summed E-state index contributed by atoms with van der Waals surface area (Å²) in [6.45, 7) is 11.3. The van der Waals surface area contributed by atoms with Gasteiger partial charge in [-0.15, -0.1) is 0 Å². The molecular weight excluding hydrogens is 499 g/mol. The number of alkyl halides is 3. The molecule has 2 aromatic heterocycles. The van der Waals surface area contributed by atoms with Crippen LogP contribution in [0.3, 0.4) is 0 Å². The van der Waals surface area contributed by atoms with E-state index in [1.807, 2.05) is 23.8 Å². The summed E-state index contributed by atoms with van der Waals surface area (Å²) < 4.78 is 72.1. The molecule has 13 heteroatoms. The monoisotopic (exact) mass is 533 g/mol. The smallest absolute Gasteiger partial charge is 0.361 e. The molecule has 0 unspecified atom stereocenters. The van der Waals surface area contributed by atoms with Crippen LogP contribution in [0.15, 0.2) is 18.6 Å². The van der Waals surface area contributed by atoms with E-state index in [1.54, 1.807) is 0 Å². The summed E-state index contributed by atoms with van der Waals surface area (Å²) in [5.74, 6) is -1.05. The van der Waals surface area contributed by atoms with E-state index in [9.17, 15) is 21.6 Å². The van der Waals surface area contributed by atoms with Gasteiger partial charge in [-0.2, -0.15) is 13.2 Å². The van der Waals surface area contributed by atoms with Gasteiger partial charge in [-0.05, 0) is 24.4 Å². The predicted octanol–water partition coefficient (Wildman–Crippen LogP) is 3.78. The van der Waals surface area contributed by atoms with Gasteiger partial charge in [0.15, 0.2) is 5.75 Å². The third-order valence-corrected chi connectivity index (χ3v) is 10.5. The van der Waals surface area contributed by atoms with E-state index in [-0.39, 0.29) is 19.0 Å². The summed E-state index contributed by atoms with van der Waals surface area (Å²) in [5.41, 5.74) is 0.299. The van der Waals surface area contributed by atoms with E-state index in [4.69, 9.17) is 4.74 Å². The Morgan fingerprint density at radius 3 is 2.66 bits per heavy atom. The molecule has 2 aliphatic heterocycles. The average molecular weight is 534 g/mol. The summed E-state index contributed by atoms with van der Waals surface area (Å²) in [5, 5.41) is 0.878. The lowest BCUT2D eigenvalue weighted by Crippen LogP contribution is -2.47. The molecule has 2 atom stereocenters. The van der Waals surface area contributed by atoms with Crippen molar-refractivity contribution in [1.29, 1.82) is 0 Å². The molecule has 0 amide bonds. The Hall–Kier alpha value is -1.70. The Labute approximate surface area is 205 Å². The van der Waals surface area contributed by atoms with Gasteiger partial charge in [0.2, 0.25) is 10.0 Å². The Morgan fingerprint density at radius 1 is 1.23 bits per heavy atom. The maximum Gasteiger partial charge on any atom is 0.404 e. The molecule has 2 saturated heterocycles. The zero-order chi connectivity index (χ0) is 25.6. The van der Waals surface area contributed by atoms with E-state index in [1.165, 1.54) is 6.33 Å². The number of hydrogen-bond donors (Lipinski definition) is 0. The topological polar surface area (TPSA) is 80.6 Å². The lowest BCUT2D eigenvalue weighted by Gasteiger charge is -2.42. The lowest BCUT2D eigenvalue weighted by atomic mass is 9.75. The minimum atomic E-state index is -4.75. The number of anilines is 1. The highest BCUT2D eigenvalue weighted by Gasteiger charge is 2.51. The lowest BCUT2D eigenvalue weighted by molar-refractivity contribution is -0.107. The fraction of sp³-hybridized carbons (Fsp3) is 0.727. The van der Waals surface area contributed by atoms with Crippen molar-refractivity contribution in [1.82, 2.24) is 18.8 Å². The number of halogens is 3. The van der Waals surface area contributed by atoms with Crippen molar-refractivity contribution >= 4 is 34.9 Å². The van der Waals surface area contributed by atoms with Gasteiger partial charge in [0.05, 0.1) is 5.39 Å². The first kappa shape index (κ1) is 26.4. The highest BCUT2D eigenvalue weighted by Crippen LogP contribution is 2.44. The van der Waals surface area contributed by atoms with Crippen molar-refractivity contribution in [3.63, 3.8) is 0 Å². The fourth-order valence-electron chi connectivity index (χ4n) is 5.09. The predicted molar refractivity (Wildman–Crippen MR) is 131 cm³/mol. The highest BCUT2D eigenvalue weighted by molar-refractivity contribution is 7.89. The molecule has 196 valence electrons. The molecule has 0 spiro atoms. The van der Waals surface area contributed by atoms with Crippen LogP contribution < -0.4 is 4.90 Å². The zero-order valence-electron chi connectivity index (χ0n) is 20.7. The number of rotatable bonds is 8. The Bertz CT molecular complexity index is 1170. The molecule has 4 rings (SSSR count). The van der Waals surface area contributed by atoms with Gasteiger partial charge in [-0.3, -0.25) is 0 Å². The fourth-order valence-corrected chi connectivity index (χ4v) is 7.34. The van der Waals surface area contributed by atoms with E-state index in [2.05, 4.69) is 34.5 Å². The standard InChI is InChI=1S/C22H34F3N5O3SSi/c1-21-12-28(7-5-17(21)11-30(13-21)34(31,32)14-22(23,24)25)19-18-6-8-29(20(18)27-15-26-19)16-33-9-10-35(2,3)4/h6,8,15,17H,5,7,9-14,16H2,1-4H3/t17-,21+/m1/s1. The maximum atomic E-state index is 12.8. The molecule has 0 saturated carbocycles. The van der Waals surface area contributed by atoms with Crippen molar-refractivity contribution in [3.8, 4) is 0 Å². The molecule has 2 aliphatic rings. The van der Waals surface area contributed by atoms with Crippen molar-refractivity contribution in [2.75, 3.05) is 43.4 Å². The molecule has 0 aliphatic carbocycles. The Kier molecular flexibility index (Phi) is 7.01. The highest BCUT2D eigenvalue weighted by atomic mass is 32.2. The number of hydrogen-bond acceptors (Lipinski definition) is 6. The molecule has 0 N–H and O–H groups in total. The molecule has 2 fully saturated rings. The summed E-state index contributed by atoms with van der Waals surface area (Å²) in [4.78, 5) is 11.1. The first-order valence-electron chi connectivity index (χ1n) is 11.8. The van der Waals surface area contributed by atoms with Crippen molar-refractivity contribution in [2.24, 2.45) is 11.3 Å². The Balaban J connectivity index is 1.48. The van der Waals surface area contributed by atoms with Crippen LogP contribution in [0, 0.1) is 11.3 Å². The molecule has 35 heavy (non-hydrogen) atoms. The molecule has 0 radical (unpaired) electrons. The first-order chi connectivity index (χ1) is 16.2. The summed E-state index contributed by atoms with van der Waals surface area (Å²) in [6.07, 6.45) is -0.634. The molecule has 0 aromatic carbocycles. The number of piperidine rings is 1. The van der Waals surface area contributed by atoms with Gasteiger partial charge < -0.3 is 14.2 Å². The summed E-state index contributed by atoms with van der Waals surface area (Å²) >= 11 is 0. The number of sulfonamides is 1. The largest absolute Gasteiger partial charge is 0.404 e. The SMILES string of the molecule is C[C@@]12CN(c3ncnc4c3ccn4COCC[Si](C)(C)C)CC[C@@H]1CN(S(=O)(=O)CC(F)(F)F)C2. The number of aromatic nitrogens is 3.